The van der Waals surface area contributed by atoms with Gasteiger partial charge in [0.15, 0.2) is 0 Å². The van der Waals surface area contributed by atoms with Crippen LogP contribution < -0.4 is 10.6 Å². The van der Waals surface area contributed by atoms with E-state index in [2.05, 4.69) is 10.6 Å². The normalized spacial score (nSPS) is 17.6. The van der Waals surface area contributed by atoms with Crippen molar-refractivity contribution >= 4 is 12.0 Å². The fraction of sp³-hybridized carbons (Fsp3) is 0.333. The van der Waals surface area contributed by atoms with Crippen molar-refractivity contribution in [2.24, 2.45) is 0 Å². The second kappa shape index (κ2) is 2.09. The van der Waals surface area contributed by atoms with Crippen molar-refractivity contribution in [3.63, 3.8) is 0 Å². The molecule has 4 heteroatoms. The summed E-state index contributed by atoms with van der Waals surface area (Å²) in [7, 11) is 0. The number of nitrogens with one attached hydrogen (secondary N) is 2. The summed E-state index contributed by atoms with van der Waals surface area (Å²) in [6, 6.07) is 0. The zero-order valence-electron chi connectivity index (χ0n) is 3.64. The lowest BCUT2D eigenvalue weighted by Crippen LogP contribution is -2.12. The minimum atomic E-state index is 0.720. The van der Waals surface area contributed by atoms with Gasteiger partial charge in [-0.05, 0) is 0 Å². The molecule has 1 aliphatic rings. The van der Waals surface area contributed by atoms with Crippen LogP contribution in [0.3, 0.4) is 0 Å². The van der Waals surface area contributed by atoms with Crippen LogP contribution in [0, 0.1) is 0 Å². The smallest absolute Gasteiger partial charge is 0.113 e. The van der Waals surface area contributed by atoms with E-state index in [0.717, 1.165) is 23.7 Å². The van der Waals surface area contributed by atoms with E-state index in [1.807, 2.05) is 0 Å². The molecule has 0 aromatic heterocycles. The second-order valence-corrected chi connectivity index (χ2v) is 1.78. The predicted octanol–water partition coefficient (Wildman–Crippen LogP) is 0.142. The van der Waals surface area contributed by atoms with Crippen molar-refractivity contribution < 1.29 is 4.55 Å². The Hall–Kier alpha value is -0.350. The van der Waals surface area contributed by atoms with Crippen LogP contribution in [0.15, 0.2) is 11.2 Å². The van der Waals surface area contributed by atoms with Crippen LogP contribution in [-0.4, -0.2) is 11.2 Å². The summed E-state index contributed by atoms with van der Waals surface area (Å²) in [5.41, 5.74) is 0. The van der Waals surface area contributed by atoms with Gasteiger partial charge in [0, 0.05) is 18.2 Å². The molecule has 0 bridgehead atoms. The van der Waals surface area contributed by atoms with Crippen LogP contribution in [0.1, 0.15) is 0 Å². The molecule has 7 heavy (non-hydrogen) atoms. The molecule has 0 radical (unpaired) electrons. The third kappa shape index (κ3) is 1.01. The molecule has 1 rings (SSSR count). The zero-order chi connectivity index (χ0) is 5.11. The Morgan fingerprint density at radius 2 is 2.71 bits per heavy atom. The van der Waals surface area contributed by atoms with Gasteiger partial charge >= 0.3 is 0 Å². The van der Waals surface area contributed by atoms with Gasteiger partial charge in [0.2, 0.25) is 0 Å². The molecule has 0 spiro atoms. The van der Waals surface area contributed by atoms with Gasteiger partial charge in [0.05, 0.1) is 6.67 Å². The topological polar surface area (TPSA) is 44.3 Å². The Balaban J connectivity index is 2.36. The molecule has 0 saturated heterocycles. The molecule has 3 nitrogen and oxygen atoms in total. The minimum Gasteiger partial charge on any atom is -0.372 e. The van der Waals surface area contributed by atoms with E-state index in [4.69, 9.17) is 4.55 Å². The lowest BCUT2D eigenvalue weighted by Gasteiger charge is -1.91. The third-order valence-electron chi connectivity index (χ3n) is 0.696. The summed E-state index contributed by atoms with van der Waals surface area (Å²) in [5, 5.41) is 6.52. The van der Waals surface area contributed by atoms with E-state index in [1.54, 1.807) is 6.20 Å². The highest BCUT2D eigenvalue weighted by Crippen LogP contribution is 2.06. The predicted molar refractivity (Wildman–Crippen MR) is 29.4 cm³/mol. The van der Waals surface area contributed by atoms with E-state index >= 15 is 0 Å². The maximum absolute atomic E-state index is 8.31. The molecular weight excluding hydrogens is 112 g/mol. The van der Waals surface area contributed by atoms with Crippen molar-refractivity contribution in [1.29, 1.82) is 0 Å². The van der Waals surface area contributed by atoms with Gasteiger partial charge in [-0.3, -0.25) is 0 Å². The van der Waals surface area contributed by atoms with E-state index < -0.39 is 0 Å². The molecule has 0 aromatic carbocycles. The highest BCUT2D eigenvalue weighted by Gasteiger charge is 1.98. The molecule has 0 saturated carbocycles. The molecule has 1 heterocycles. The van der Waals surface area contributed by atoms with Gasteiger partial charge in [-0.2, -0.15) is 0 Å². The molecule has 0 aliphatic carbocycles. The first-order valence-electron chi connectivity index (χ1n) is 1.92. The first-order valence-corrected chi connectivity index (χ1v) is 2.69. The largest absolute Gasteiger partial charge is 0.372 e. The van der Waals surface area contributed by atoms with Crippen LogP contribution >= 0.6 is 12.0 Å². The summed E-state index contributed by atoms with van der Waals surface area (Å²) in [5.74, 6) is 0. The Bertz CT molecular complexity index is 92.9. The molecule has 0 fully saturated rings. The van der Waals surface area contributed by atoms with Gasteiger partial charge in [-0.25, -0.2) is 0 Å². The molecule has 3 N–H and O–H groups in total. The van der Waals surface area contributed by atoms with Crippen LogP contribution in [0.2, 0.25) is 0 Å². The summed E-state index contributed by atoms with van der Waals surface area (Å²) in [6.45, 7) is 0.725. The SMILES string of the molecule is OSC1=CNCN1. The first-order chi connectivity index (χ1) is 3.43. The molecule has 0 aromatic rings. The van der Waals surface area contributed by atoms with Gasteiger partial charge in [0.1, 0.15) is 5.03 Å². The fourth-order valence-electron chi connectivity index (χ4n) is 0.392. The zero-order valence-corrected chi connectivity index (χ0v) is 4.46. The maximum Gasteiger partial charge on any atom is 0.113 e. The van der Waals surface area contributed by atoms with Crippen LogP contribution in [0.25, 0.3) is 0 Å². The lowest BCUT2D eigenvalue weighted by atomic mass is 11.0. The molecule has 1 aliphatic heterocycles. The Kier molecular flexibility index (Phi) is 1.43. The molecular formula is C3H6N2OS. The molecule has 0 amide bonds. The van der Waals surface area contributed by atoms with Crippen molar-refractivity contribution in [2.45, 2.75) is 0 Å². The van der Waals surface area contributed by atoms with Crippen LogP contribution in [-0.2, 0) is 0 Å². The molecule has 0 unspecified atom stereocenters. The van der Waals surface area contributed by atoms with Gasteiger partial charge in [0.25, 0.3) is 0 Å². The molecule has 40 valence electrons. The summed E-state index contributed by atoms with van der Waals surface area (Å²) in [6.07, 6.45) is 1.73. The van der Waals surface area contributed by atoms with Crippen molar-refractivity contribution in [3.05, 3.63) is 11.2 Å². The quantitative estimate of drug-likeness (QED) is 0.429. The average molecular weight is 118 g/mol. The minimum absolute atomic E-state index is 0.720. The Morgan fingerprint density at radius 1 is 1.86 bits per heavy atom. The molecule has 0 atom stereocenters. The van der Waals surface area contributed by atoms with E-state index in [0.29, 0.717) is 0 Å². The summed E-state index contributed by atoms with van der Waals surface area (Å²) >= 11 is 0.720. The van der Waals surface area contributed by atoms with Crippen LogP contribution in [0.4, 0.5) is 0 Å². The maximum atomic E-state index is 8.31. The van der Waals surface area contributed by atoms with Crippen LogP contribution in [0.5, 0.6) is 0 Å². The number of hydrogen-bond acceptors (Lipinski definition) is 4. The van der Waals surface area contributed by atoms with Crippen molar-refractivity contribution in [3.8, 4) is 0 Å². The number of hydrogen-bond donors (Lipinski definition) is 3. The van der Waals surface area contributed by atoms with Gasteiger partial charge < -0.3 is 15.2 Å². The number of rotatable bonds is 1. The highest BCUT2D eigenvalue weighted by atomic mass is 32.2. The van der Waals surface area contributed by atoms with Gasteiger partial charge in [-0.15, -0.1) is 0 Å². The average Bonchev–Trinajstić information content (AvgIpc) is 2.14. The Labute approximate surface area is 46.0 Å². The van der Waals surface area contributed by atoms with Gasteiger partial charge in [-0.1, -0.05) is 0 Å². The Morgan fingerprint density at radius 3 is 3.00 bits per heavy atom. The standard InChI is InChI=1S/C3H6N2OS/c6-7-3-1-4-2-5-3/h1,4-6H,2H2. The van der Waals surface area contributed by atoms with Crippen molar-refractivity contribution in [2.75, 3.05) is 6.67 Å². The van der Waals surface area contributed by atoms with E-state index in [9.17, 15) is 0 Å². The second-order valence-electron chi connectivity index (χ2n) is 1.16. The monoisotopic (exact) mass is 118 g/mol. The third-order valence-corrected chi connectivity index (χ3v) is 1.16. The first kappa shape index (κ1) is 4.80. The van der Waals surface area contributed by atoms with E-state index in [-0.39, 0.29) is 0 Å². The van der Waals surface area contributed by atoms with E-state index in [1.165, 1.54) is 0 Å². The highest BCUT2D eigenvalue weighted by molar-refractivity contribution is 7.97. The lowest BCUT2D eigenvalue weighted by molar-refractivity contribution is 0.665. The summed E-state index contributed by atoms with van der Waals surface area (Å²) in [4.78, 5) is 0. The van der Waals surface area contributed by atoms with Crippen molar-refractivity contribution in [1.82, 2.24) is 10.6 Å². The summed E-state index contributed by atoms with van der Waals surface area (Å²) < 4.78 is 8.31. The fourth-order valence-corrected chi connectivity index (χ4v) is 0.664.